The standard InChI is InChI=1S/C18H16Cl2FN3O2/c1-17(25,12-2-5-14(21)6-3-12)18(26,9-24-11-22-10-23-24)15-7-4-13(19)8-16(15)20/h2-8,10-11,25-26H,9H2,1H3. The molecule has 3 aromatic rings. The molecule has 1 aromatic heterocycles. The maximum Gasteiger partial charge on any atom is 0.143 e. The molecule has 1 heterocycles. The van der Waals surface area contributed by atoms with Crippen LogP contribution < -0.4 is 0 Å². The minimum absolute atomic E-state index is 0.140. The number of hydrogen-bond donors (Lipinski definition) is 2. The summed E-state index contributed by atoms with van der Waals surface area (Å²) in [6.45, 7) is 1.29. The molecular weight excluding hydrogens is 380 g/mol. The van der Waals surface area contributed by atoms with Gasteiger partial charge >= 0.3 is 0 Å². The highest BCUT2D eigenvalue weighted by Crippen LogP contribution is 2.44. The first-order valence-electron chi connectivity index (χ1n) is 7.73. The van der Waals surface area contributed by atoms with E-state index in [4.69, 9.17) is 23.2 Å². The number of aliphatic hydroxyl groups is 2. The SMILES string of the molecule is CC(O)(c1ccc(F)cc1)C(O)(Cn1cncn1)c1ccc(Cl)cc1Cl. The van der Waals surface area contributed by atoms with Crippen molar-refractivity contribution in [3.63, 3.8) is 0 Å². The van der Waals surface area contributed by atoms with Gasteiger partial charge in [-0.05, 0) is 36.8 Å². The largest absolute Gasteiger partial charge is 0.382 e. The third-order valence-electron chi connectivity index (χ3n) is 4.45. The van der Waals surface area contributed by atoms with Gasteiger partial charge in [-0.15, -0.1) is 0 Å². The van der Waals surface area contributed by atoms with Gasteiger partial charge in [-0.25, -0.2) is 14.1 Å². The van der Waals surface area contributed by atoms with E-state index in [1.165, 1.54) is 54.6 Å². The highest BCUT2D eigenvalue weighted by Gasteiger charge is 2.50. The Morgan fingerprint density at radius 2 is 1.81 bits per heavy atom. The van der Waals surface area contributed by atoms with Crippen LogP contribution in [0.5, 0.6) is 0 Å². The minimum Gasteiger partial charge on any atom is -0.382 e. The maximum absolute atomic E-state index is 13.3. The zero-order chi connectivity index (χ0) is 18.9. The third kappa shape index (κ3) is 3.33. The van der Waals surface area contributed by atoms with Crippen LogP contribution in [0.15, 0.2) is 55.1 Å². The lowest BCUT2D eigenvalue weighted by atomic mass is 9.74. The van der Waals surface area contributed by atoms with E-state index in [0.29, 0.717) is 10.6 Å². The topological polar surface area (TPSA) is 71.2 Å². The number of halogens is 3. The van der Waals surface area contributed by atoms with Crippen LogP contribution in [0.4, 0.5) is 4.39 Å². The molecule has 2 N–H and O–H groups in total. The van der Waals surface area contributed by atoms with E-state index < -0.39 is 17.0 Å². The third-order valence-corrected chi connectivity index (χ3v) is 4.99. The van der Waals surface area contributed by atoms with Gasteiger partial charge in [0.05, 0.1) is 6.54 Å². The molecule has 26 heavy (non-hydrogen) atoms. The molecule has 0 amide bonds. The van der Waals surface area contributed by atoms with Crippen molar-refractivity contribution < 1.29 is 14.6 Å². The van der Waals surface area contributed by atoms with Crippen LogP contribution in [0.25, 0.3) is 0 Å². The van der Waals surface area contributed by atoms with E-state index in [9.17, 15) is 14.6 Å². The molecule has 0 fully saturated rings. The van der Waals surface area contributed by atoms with Crippen LogP contribution in [0.1, 0.15) is 18.1 Å². The Morgan fingerprint density at radius 1 is 1.12 bits per heavy atom. The summed E-state index contributed by atoms with van der Waals surface area (Å²) in [5, 5.41) is 27.5. The number of hydrogen-bond acceptors (Lipinski definition) is 4. The molecule has 2 aromatic carbocycles. The van der Waals surface area contributed by atoms with E-state index in [-0.39, 0.29) is 17.1 Å². The maximum atomic E-state index is 13.3. The van der Waals surface area contributed by atoms with Crippen molar-refractivity contribution in [1.82, 2.24) is 14.8 Å². The first-order chi connectivity index (χ1) is 12.2. The van der Waals surface area contributed by atoms with Crippen molar-refractivity contribution in [2.45, 2.75) is 24.7 Å². The molecule has 5 nitrogen and oxygen atoms in total. The second-order valence-electron chi connectivity index (χ2n) is 6.16. The van der Waals surface area contributed by atoms with Gasteiger partial charge < -0.3 is 10.2 Å². The Kier molecular flexibility index (Phi) is 5.03. The van der Waals surface area contributed by atoms with E-state index in [2.05, 4.69) is 10.1 Å². The van der Waals surface area contributed by atoms with Crippen molar-refractivity contribution in [2.75, 3.05) is 0 Å². The molecule has 0 aliphatic rings. The number of aromatic nitrogens is 3. The van der Waals surface area contributed by atoms with Gasteiger partial charge in [0.25, 0.3) is 0 Å². The van der Waals surface area contributed by atoms with Crippen molar-refractivity contribution >= 4 is 23.2 Å². The summed E-state index contributed by atoms with van der Waals surface area (Å²) in [5.74, 6) is -0.450. The Bertz CT molecular complexity index is 901. The average molecular weight is 396 g/mol. The van der Waals surface area contributed by atoms with E-state index in [1.54, 1.807) is 12.1 Å². The summed E-state index contributed by atoms with van der Waals surface area (Å²) >= 11 is 12.3. The quantitative estimate of drug-likeness (QED) is 0.693. The highest BCUT2D eigenvalue weighted by molar-refractivity contribution is 6.35. The van der Waals surface area contributed by atoms with Gasteiger partial charge in [-0.1, -0.05) is 41.4 Å². The monoisotopic (exact) mass is 395 g/mol. The van der Waals surface area contributed by atoms with Crippen LogP contribution in [0.2, 0.25) is 10.0 Å². The lowest BCUT2D eigenvalue weighted by Gasteiger charge is -2.42. The molecule has 2 unspecified atom stereocenters. The second-order valence-corrected chi connectivity index (χ2v) is 7.00. The Labute approximate surface area is 159 Å². The first kappa shape index (κ1) is 18.8. The smallest absolute Gasteiger partial charge is 0.143 e. The number of benzene rings is 2. The fourth-order valence-corrected chi connectivity index (χ4v) is 3.45. The minimum atomic E-state index is -1.90. The summed E-state index contributed by atoms with van der Waals surface area (Å²) in [4.78, 5) is 3.86. The number of nitrogens with zero attached hydrogens (tertiary/aromatic N) is 3. The summed E-state index contributed by atoms with van der Waals surface area (Å²) < 4.78 is 14.7. The molecule has 0 bridgehead atoms. The summed E-state index contributed by atoms with van der Waals surface area (Å²) in [5.41, 5.74) is -3.16. The van der Waals surface area contributed by atoms with Gasteiger partial charge in [-0.2, -0.15) is 5.10 Å². The Morgan fingerprint density at radius 3 is 2.38 bits per heavy atom. The molecular formula is C18H16Cl2FN3O2. The molecule has 2 atom stereocenters. The molecule has 136 valence electrons. The zero-order valence-corrected chi connectivity index (χ0v) is 15.3. The predicted molar refractivity (Wildman–Crippen MR) is 96.4 cm³/mol. The molecule has 0 aliphatic heterocycles. The molecule has 0 aliphatic carbocycles. The van der Waals surface area contributed by atoms with Crippen LogP contribution in [-0.4, -0.2) is 25.0 Å². The van der Waals surface area contributed by atoms with Crippen molar-refractivity contribution in [1.29, 1.82) is 0 Å². The summed E-state index contributed by atoms with van der Waals surface area (Å²) in [6.07, 6.45) is 2.73. The van der Waals surface area contributed by atoms with Gasteiger partial charge in [-0.3, -0.25) is 0 Å². The van der Waals surface area contributed by atoms with Gasteiger partial charge in [0.2, 0.25) is 0 Å². The van der Waals surface area contributed by atoms with E-state index >= 15 is 0 Å². The first-order valence-corrected chi connectivity index (χ1v) is 8.48. The summed E-state index contributed by atoms with van der Waals surface area (Å²) in [6, 6.07) is 9.82. The van der Waals surface area contributed by atoms with Crippen molar-refractivity contribution in [2.24, 2.45) is 0 Å². The van der Waals surface area contributed by atoms with Crippen LogP contribution >= 0.6 is 23.2 Å². The molecule has 0 saturated heterocycles. The van der Waals surface area contributed by atoms with E-state index in [0.717, 1.165) is 0 Å². The average Bonchev–Trinajstić information content (AvgIpc) is 3.07. The fourth-order valence-electron chi connectivity index (χ4n) is 2.89. The normalized spacial score (nSPS) is 16.1. The molecule has 0 radical (unpaired) electrons. The highest BCUT2D eigenvalue weighted by atomic mass is 35.5. The Hall–Kier alpha value is -1.99. The van der Waals surface area contributed by atoms with Crippen molar-refractivity contribution in [3.05, 3.63) is 82.1 Å². The molecule has 8 heteroatoms. The predicted octanol–water partition coefficient (Wildman–Crippen LogP) is 3.52. The zero-order valence-electron chi connectivity index (χ0n) is 13.8. The van der Waals surface area contributed by atoms with Gasteiger partial charge in [0, 0.05) is 15.6 Å². The lowest BCUT2D eigenvalue weighted by molar-refractivity contribution is -0.164. The molecule has 0 spiro atoms. The fraction of sp³-hybridized carbons (Fsp3) is 0.222. The number of rotatable bonds is 5. The Balaban J connectivity index is 2.17. The van der Waals surface area contributed by atoms with Gasteiger partial charge in [0.15, 0.2) is 0 Å². The molecule has 3 rings (SSSR count). The van der Waals surface area contributed by atoms with Gasteiger partial charge in [0.1, 0.15) is 29.7 Å². The van der Waals surface area contributed by atoms with Crippen molar-refractivity contribution in [3.8, 4) is 0 Å². The summed E-state index contributed by atoms with van der Waals surface area (Å²) in [7, 11) is 0. The second kappa shape index (κ2) is 6.96. The lowest BCUT2D eigenvalue weighted by Crippen LogP contribution is -2.50. The van der Waals surface area contributed by atoms with Crippen LogP contribution in [0.3, 0.4) is 0 Å². The van der Waals surface area contributed by atoms with Crippen LogP contribution in [0, 0.1) is 5.82 Å². The van der Waals surface area contributed by atoms with Crippen LogP contribution in [-0.2, 0) is 17.7 Å². The molecule has 0 saturated carbocycles. The van der Waals surface area contributed by atoms with E-state index in [1.807, 2.05) is 0 Å².